The normalized spacial score (nSPS) is 15.7. The van der Waals surface area contributed by atoms with Crippen molar-refractivity contribution in [1.82, 2.24) is 10.3 Å². The highest BCUT2D eigenvalue weighted by Gasteiger charge is 2.29. The van der Waals surface area contributed by atoms with Gasteiger partial charge in [0, 0.05) is 17.6 Å². The van der Waals surface area contributed by atoms with Gasteiger partial charge in [0.1, 0.15) is 6.54 Å². The van der Waals surface area contributed by atoms with Gasteiger partial charge in [-0.05, 0) is 25.0 Å². The summed E-state index contributed by atoms with van der Waals surface area (Å²) in [7, 11) is -3.84. The van der Waals surface area contributed by atoms with E-state index in [1.165, 1.54) is 36.1 Å². The van der Waals surface area contributed by atoms with Crippen molar-refractivity contribution >= 4 is 32.4 Å². The van der Waals surface area contributed by atoms with Crippen LogP contribution in [0, 0.1) is 0 Å². The van der Waals surface area contributed by atoms with Crippen molar-refractivity contribution in [3.63, 3.8) is 0 Å². The number of hydrogen-bond donors (Lipinski definition) is 1. The Bertz CT molecular complexity index is 786. The molecule has 2 aromatic rings. The number of rotatable bonds is 6. The molecular formula is C17H21N3O3S2. The van der Waals surface area contributed by atoms with Crippen LogP contribution in [0.2, 0.25) is 0 Å². The van der Waals surface area contributed by atoms with Crippen LogP contribution in [0.25, 0.3) is 0 Å². The third-order valence-electron chi connectivity index (χ3n) is 4.22. The maximum Gasteiger partial charge on any atom is 0.266 e. The number of amides is 1. The zero-order chi connectivity index (χ0) is 17.7. The molecule has 6 nitrogen and oxygen atoms in total. The van der Waals surface area contributed by atoms with Crippen molar-refractivity contribution in [1.29, 1.82) is 0 Å². The number of carbonyl (C=O) groups excluding carboxylic acids is 1. The van der Waals surface area contributed by atoms with Gasteiger partial charge in [-0.2, -0.15) is 0 Å². The first-order valence-electron chi connectivity index (χ1n) is 8.34. The van der Waals surface area contributed by atoms with E-state index in [0.717, 1.165) is 30.0 Å². The summed E-state index contributed by atoms with van der Waals surface area (Å²) in [6.07, 6.45) is 6.84. The first kappa shape index (κ1) is 17.9. The van der Waals surface area contributed by atoms with E-state index >= 15 is 0 Å². The third-order valence-corrected chi connectivity index (χ3v) is 6.88. The Hall–Kier alpha value is -1.93. The average Bonchev–Trinajstić information content (AvgIpc) is 3.15. The van der Waals surface area contributed by atoms with Crippen molar-refractivity contribution in [3.05, 3.63) is 41.9 Å². The SMILES string of the molecule is O=C(CN(c1nccs1)S(=O)(=O)c1ccccc1)NC1CCCCC1. The van der Waals surface area contributed by atoms with Gasteiger partial charge in [0.2, 0.25) is 5.91 Å². The monoisotopic (exact) mass is 379 g/mol. The van der Waals surface area contributed by atoms with Gasteiger partial charge < -0.3 is 5.32 Å². The van der Waals surface area contributed by atoms with Gasteiger partial charge in [0.05, 0.1) is 4.90 Å². The van der Waals surface area contributed by atoms with E-state index in [4.69, 9.17) is 0 Å². The number of hydrogen-bond acceptors (Lipinski definition) is 5. The lowest BCUT2D eigenvalue weighted by atomic mass is 9.95. The highest BCUT2D eigenvalue weighted by atomic mass is 32.2. The Kier molecular flexibility index (Phi) is 5.70. The number of anilines is 1. The van der Waals surface area contributed by atoms with E-state index in [1.807, 2.05) is 0 Å². The molecule has 0 saturated heterocycles. The Morgan fingerprint density at radius 2 is 1.92 bits per heavy atom. The predicted octanol–water partition coefficient (Wildman–Crippen LogP) is 2.79. The molecule has 1 amide bonds. The van der Waals surface area contributed by atoms with E-state index in [0.29, 0.717) is 5.13 Å². The Morgan fingerprint density at radius 3 is 2.56 bits per heavy atom. The number of aromatic nitrogens is 1. The minimum Gasteiger partial charge on any atom is -0.352 e. The lowest BCUT2D eigenvalue weighted by Gasteiger charge is -2.25. The van der Waals surface area contributed by atoms with Crippen molar-refractivity contribution < 1.29 is 13.2 Å². The fourth-order valence-corrected chi connectivity index (χ4v) is 5.23. The van der Waals surface area contributed by atoms with E-state index in [9.17, 15) is 13.2 Å². The van der Waals surface area contributed by atoms with Gasteiger partial charge in [0.25, 0.3) is 10.0 Å². The van der Waals surface area contributed by atoms with Crippen molar-refractivity contribution in [2.24, 2.45) is 0 Å². The largest absolute Gasteiger partial charge is 0.352 e. The molecule has 0 aliphatic heterocycles. The maximum atomic E-state index is 13.0. The molecule has 0 unspecified atom stereocenters. The van der Waals surface area contributed by atoms with Crippen molar-refractivity contribution in [3.8, 4) is 0 Å². The summed E-state index contributed by atoms with van der Waals surface area (Å²) in [6, 6.07) is 8.26. The predicted molar refractivity (Wildman–Crippen MR) is 98.1 cm³/mol. The van der Waals surface area contributed by atoms with Crippen LogP contribution < -0.4 is 9.62 Å². The van der Waals surface area contributed by atoms with Crippen LogP contribution in [0.4, 0.5) is 5.13 Å². The van der Waals surface area contributed by atoms with Gasteiger partial charge in [-0.25, -0.2) is 17.7 Å². The van der Waals surface area contributed by atoms with Crippen LogP contribution >= 0.6 is 11.3 Å². The molecule has 1 aromatic carbocycles. The molecule has 1 fully saturated rings. The summed E-state index contributed by atoms with van der Waals surface area (Å²) in [6.45, 7) is -0.263. The molecule has 0 spiro atoms. The molecule has 0 radical (unpaired) electrons. The number of nitrogens with one attached hydrogen (secondary N) is 1. The first-order valence-corrected chi connectivity index (χ1v) is 10.7. The molecule has 0 atom stereocenters. The van der Waals surface area contributed by atoms with E-state index in [2.05, 4.69) is 10.3 Å². The lowest BCUT2D eigenvalue weighted by molar-refractivity contribution is -0.120. The van der Waals surface area contributed by atoms with Crippen LogP contribution in [0.1, 0.15) is 32.1 Å². The number of benzene rings is 1. The molecule has 1 aromatic heterocycles. The van der Waals surface area contributed by atoms with Gasteiger partial charge in [-0.15, -0.1) is 11.3 Å². The smallest absolute Gasteiger partial charge is 0.266 e. The first-order chi connectivity index (χ1) is 12.1. The number of carbonyl (C=O) groups is 1. The molecule has 0 bridgehead atoms. The minimum absolute atomic E-state index is 0.138. The zero-order valence-corrected chi connectivity index (χ0v) is 15.4. The van der Waals surface area contributed by atoms with Crippen LogP contribution in [0.3, 0.4) is 0 Å². The van der Waals surface area contributed by atoms with Crippen LogP contribution in [-0.4, -0.2) is 31.9 Å². The third kappa shape index (κ3) is 4.38. The zero-order valence-electron chi connectivity index (χ0n) is 13.8. The Balaban J connectivity index is 1.80. The van der Waals surface area contributed by atoms with Crippen LogP contribution in [0.5, 0.6) is 0 Å². The second-order valence-electron chi connectivity index (χ2n) is 6.04. The molecule has 1 heterocycles. The van der Waals surface area contributed by atoms with Crippen molar-refractivity contribution in [2.45, 2.75) is 43.0 Å². The highest BCUT2D eigenvalue weighted by molar-refractivity contribution is 7.93. The van der Waals surface area contributed by atoms with Gasteiger partial charge >= 0.3 is 0 Å². The summed E-state index contributed by atoms with van der Waals surface area (Å²) < 4.78 is 27.0. The van der Waals surface area contributed by atoms with E-state index in [1.54, 1.807) is 23.6 Å². The lowest BCUT2D eigenvalue weighted by Crippen LogP contribution is -2.44. The molecule has 134 valence electrons. The van der Waals surface area contributed by atoms with Gasteiger partial charge in [0.15, 0.2) is 5.13 Å². The van der Waals surface area contributed by atoms with Crippen molar-refractivity contribution in [2.75, 3.05) is 10.8 Å². The molecule has 1 saturated carbocycles. The van der Waals surface area contributed by atoms with Gasteiger partial charge in [-0.3, -0.25) is 4.79 Å². The molecule has 3 rings (SSSR count). The van der Waals surface area contributed by atoms with E-state index < -0.39 is 10.0 Å². The molecular weight excluding hydrogens is 358 g/mol. The van der Waals surface area contributed by atoms with Gasteiger partial charge in [-0.1, -0.05) is 37.5 Å². The summed E-state index contributed by atoms with van der Waals surface area (Å²) in [5.41, 5.74) is 0. The number of nitrogens with zero attached hydrogens (tertiary/aromatic N) is 2. The van der Waals surface area contributed by atoms with Crippen LogP contribution in [-0.2, 0) is 14.8 Å². The topological polar surface area (TPSA) is 79.4 Å². The number of sulfonamides is 1. The molecule has 1 aliphatic rings. The Labute approximate surface area is 151 Å². The second-order valence-corrected chi connectivity index (χ2v) is 8.78. The fourth-order valence-electron chi connectivity index (χ4n) is 2.96. The summed E-state index contributed by atoms with van der Waals surface area (Å²) >= 11 is 1.20. The summed E-state index contributed by atoms with van der Waals surface area (Å²) in [5.74, 6) is -0.290. The average molecular weight is 380 g/mol. The van der Waals surface area contributed by atoms with E-state index in [-0.39, 0.29) is 23.4 Å². The highest BCUT2D eigenvalue weighted by Crippen LogP contribution is 2.25. The maximum absolute atomic E-state index is 13.0. The molecule has 1 N–H and O–H groups in total. The minimum atomic E-state index is -3.84. The molecule has 1 aliphatic carbocycles. The quantitative estimate of drug-likeness (QED) is 0.837. The summed E-state index contributed by atoms with van der Waals surface area (Å²) in [4.78, 5) is 16.7. The fraction of sp³-hybridized carbons (Fsp3) is 0.412. The number of thiazole rings is 1. The Morgan fingerprint density at radius 1 is 1.20 bits per heavy atom. The summed E-state index contributed by atoms with van der Waals surface area (Å²) in [5, 5.41) is 4.96. The second kappa shape index (κ2) is 7.97. The molecule has 25 heavy (non-hydrogen) atoms. The standard InChI is InChI=1S/C17H21N3O3S2/c21-16(19-14-7-3-1-4-8-14)13-20(17-18-11-12-24-17)25(22,23)15-9-5-2-6-10-15/h2,5-6,9-12,14H,1,3-4,7-8,13H2,(H,19,21). The van der Waals surface area contributed by atoms with Crippen LogP contribution in [0.15, 0.2) is 46.8 Å². The molecule has 8 heteroatoms.